The van der Waals surface area contributed by atoms with Gasteiger partial charge < -0.3 is 5.11 Å². The Bertz CT molecular complexity index is 180. The zero-order valence-corrected chi connectivity index (χ0v) is 6.45. The second-order valence-corrected chi connectivity index (χ2v) is 1.36. The van der Waals surface area contributed by atoms with E-state index in [1.807, 2.05) is 0 Å². The third-order valence-corrected chi connectivity index (χ3v) is 0.690. The third-order valence-electron chi connectivity index (χ3n) is 0.690. The number of halogens is 3. The maximum absolute atomic E-state index is 11.9. The van der Waals surface area contributed by atoms with Crippen LogP contribution in [0.2, 0.25) is 0 Å². The Morgan fingerprint density at radius 3 is 2.20 bits per heavy atom. The van der Waals surface area contributed by atoms with Crippen molar-refractivity contribution in [3.63, 3.8) is 0 Å². The van der Waals surface area contributed by atoms with Crippen LogP contribution in [-0.4, -0.2) is 10.1 Å². The van der Waals surface area contributed by atoms with Crippen LogP contribution in [0.3, 0.4) is 0 Å². The molecule has 0 aliphatic rings. The summed E-state index contributed by atoms with van der Waals surface area (Å²) < 4.78 is 11.9. The topological polar surface area (TPSA) is 33.1 Å². The van der Waals surface area contributed by atoms with Crippen molar-refractivity contribution in [2.24, 2.45) is 0 Å². The number of nitrogens with zero attached hydrogens (tertiary/aromatic N) is 1. The van der Waals surface area contributed by atoms with E-state index in [0.29, 0.717) is 0 Å². The molecule has 1 aromatic rings. The normalized spacial score (nSPS) is 7.30. The first-order chi connectivity index (χ1) is 3.79. The van der Waals surface area contributed by atoms with Gasteiger partial charge in [-0.3, -0.25) is 4.98 Å². The fourth-order valence-corrected chi connectivity index (χ4v) is 0.401. The fraction of sp³-hybridized carbons (Fsp3) is 0. The Balaban J connectivity index is 0. The van der Waals surface area contributed by atoms with Gasteiger partial charge in [-0.25, -0.2) is 4.39 Å². The Labute approximate surface area is 69.9 Å². The monoisotopic (exact) mass is 185 g/mol. The van der Waals surface area contributed by atoms with Crippen molar-refractivity contribution >= 4 is 24.8 Å². The van der Waals surface area contributed by atoms with Crippen LogP contribution in [0.5, 0.6) is 5.75 Å². The predicted molar refractivity (Wildman–Crippen MR) is 40.4 cm³/mol. The Kier molecular flexibility index (Phi) is 6.40. The summed E-state index contributed by atoms with van der Waals surface area (Å²) >= 11 is 0. The van der Waals surface area contributed by atoms with Crippen molar-refractivity contribution in [3.8, 4) is 5.75 Å². The van der Waals surface area contributed by atoms with Gasteiger partial charge in [0.05, 0.1) is 12.4 Å². The summed E-state index contributed by atoms with van der Waals surface area (Å²) in [5.74, 6) is -0.671. The molecule has 0 radical (unpaired) electrons. The smallest absolute Gasteiger partial charge is 0.145 e. The first kappa shape index (κ1) is 12.2. The fourth-order valence-electron chi connectivity index (χ4n) is 0.401. The van der Waals surface area contributed by atoms with E-state index < -0.39 is 5.82 Å². The molecule has 2 nitrogen and oxygen atoms in total. The van der Waals surface area contributed by atoms with Crippen molar-refractivity contribution in [1.29, 1.82) is 0 Å². The number of aromatic hydroxyl groups is 1. The second kappa shape index (κ2) is 5.26. The zero-order valence-electron chi connectivity index (χ0n) is 4.82. The molecule has 0 saturated heterocycles. The van der Waals surface area contributed by atoms with Crippen LogP contribution < -0.4 is 0 Å². The van der Waals surface area contributed by atoms with E-state index >= 15 is 0 Å². The Morgan fingerprint density at radius 2 is 1.90 bits per heavy atom. The lowest BCUT2D eigenvalue weighted by Gasteiger charge is -1.86. The van der Waals surface area contributed by atoms with Gasteiger partial charge in [-0.05, 0) is 0 Å². The second-order valence-electron chi connectivity index (χ2n) is 1.36. The molecule has 0 unspecified atom stereocenters. The molecule has 58 valence electrons. The SMILES string of the molecule is Cl.Cl.Oc1cncc(F)c1. The van der Waals surface area contributed by atoms with E-state index in [1.54, 1.807) is 0 Å². The molecule has 0 fully saturated rings. The van der Waals surface area contributed by atoms with Crippen LogP contribution in [0.4, 0.5) is 4.39 Å². The van der Waals surface area contributed by atoms with Gasteiger partial charge in [0, 0.05) is 6.07 Å². The highest BCUT2D eigenvalue weighted by Gasteiger charge is 1.88. The molecular formula is C5H6Cl2FNO. The molecule has 10 heavy (non-hydrogen) atoms. The van der Waals surface area contributed by atoms with Crippen LogP contribution >= 0.6 is 24.8 Å². The molecule has 0 bridgehead atoms. The number of hydrogen-bond donors (Lipinski definition) is 1. The lowest BCUT2D eigenvalue weighted by Crippen LogP contribution is -1.73. The first-order valence-corrected chi connectivity index (χ1v) is 2.08. The van der Waals surface area contributed by atoms with Crippen molar-refractivity contribution in [2.45, 2.75) is 0 Å². The molecule has 0 aromatic carbocycles. The average molecular weight is 186 g/mol. The number of rotatable bonds is 0. The third kappa shape index (κ3) is 3.48. The summed E-state index contributed by atoms with van der Waals surface area (Å²) in [6, 6.07) is 0.993. The highest BCUT2D eigenvalue weighted by molar-refractivity contribution is 5.85. The highest BCUT2D eigenvalue weighted by atomic mass is 35.5. The molecule has 0 aliphatic carbocycles. The molecule has 1 heterocycles. The van der Waals surface area contributed by atoms with Crippen molar-refractivity contribution in [1.82, 2.24) is 4.98 Å². The molecule has 0 amide bonds. The van der Waals surface area contributed by atoms with Gasteiger partial charge >= 0.3 is 0 Å². The summed E-state index contributed by atoms with van der Waals surface area (Å²) in [4.78, 5) is 3.36. The van der Waals surface area contributed by atoms with Gasteiger partial charge in [-0.1, -0.05) is 0 Å². The molecule has 1 aromatic heterocycles. The Hall–Kier alpha value is -0.540. The van der Waals surface area contributed by atoms with Crippen molar-refractivity contribution in [2.75, 3.05) is 0 Å². The van der Waals surface area contributed by atoms with Gasteiger partial charge in [-0.15, -0.1) is 24.8 Å². The van der Waals surface area contributed by atoms with Gasteiger partial charge in [0.25, 0.3) is 0 Å². The van der Waals surface area contributed by atoms with Crippen LogP contribution in [0.1, 0.15) is 0 Å². The van der Waals surface area contributed by atoms with Crippen LogP contribution in [0.25, 0.3) is 0 Å². The van der Waals surface area contributed by atoms with E-state index in [1.165, 1.54) is 6.20 Å². The van der Waals surface area contributed by atoms with Crippen LogP contribution in [0, 0.1) is 5.82 Å². The minimum Gasteiger partial charge on any atom is -0.506 e. The number of hydrogen-bond acceptors (Lipinski definition) is 2. The lowest BCUT2D eigenvalue weighted by molar-refractivity contribution is 0.465. The summed E-state index contributed by atoms with van der Waals surface area (Å²) in [5, 5.41) is 8.51. The van der Waals surface area contributed by atoms with Gasteiger partial charge in [0.1, 0.15) is 11.6 Å². The van der Waals surface area contributed by atoms with E-state index in [0.717, 1.165) is 12.3 Å². The standard InChI is InChI=1S/C5H4FNO.2ClH/c6-4-1-5(8)3-7-2-4;;/h1-3,8H;2*1H. The maximum atomic E-state index is 11.9. The molecule has 0 atom stereocenters. The molecule has 0 aliphatic heterocycles. The minimum atomic E-state index is -0.523. The summed E-state index contributed by atoms with van der Waals surface area (Å²) in [6.45, 7) is 0. The quantitative estimate of drug-likeness (QED) is 0.669. The van der Waals surface area contributed by atoms with Crippen LogP contribution in [0.15, 0.2) is 18.5 Å². The molecule has 1 N–H and O–H groups in total. The number of pyridine rings is 1. The minimum absolute atomic E-state index is 0. The molecule has 1 rings (SSSR count). The lowest BCUT2D eigenvalue weighted by atomic mass is 10.4. The first-order valence-electron chi connectivity index (χ1n) is 2.08. The number of aromatic nitrogens is 1. The summed E-state index contributed by atoms with van der Waals surface area (Å²) in [5.41, 5.74) is 0. The molecule has 5 heteroatoms. The average Bonchev–Trinajstić information content (AvgIpc) is 1.64. The Morgan fingerprint density at radius 1 is 1.30 bits per heavy atom. The molecule has 0 saturated carbocycles. The zero-order chi connectivity index (χ0) is 5.98. The van der Waals surface area contributed by atoms with Gasteiger partial charge in [-0.2, -0.15) is 0 Å². The summed E-state index contributed by atoms with van der Waals surface area (Å²) in [6.07, 6.45) is 2.20. The van der Waals surface area contributed by atoms with E-state index in [2.05, 4.69) is 4.98 Å². The van der Waals surface area contributed by atoms with E-state index in [-0.39, 0.29) is 30.6 Å². The largest absolute Gasteiger partial charge is 0.506 e. The van der Waals surface area contributed by atoms with Crippen molar-refractivity contribution < 1.29 is 9.50 Å². The van der Waals surface area contributed by atoms with E-state index in [9.17, 15) is 4.39 Å². The van der Waals surface area contributed by atoms with E-state index in [4.69, 9.17) is 5.11 Å². The maximum Gasteiger partial charge on any atom is 0.145 e. The predicted octanol–water partition coefficient (Wildman–Crippen LogP) is 1.77. The van der Waals surface area contributed by atoms with Crippen LogP contribution in [-0.2, 0) is 0 Å². The highest BCUT2D eigenvalue weighted by Crippen LogP contribution is 2.05. The molecule has 0 spiro atoms. The van der Waals surface area contributed by atoms with Crippen molar-refractivity contribution in [3.05, 3.63) is 24.3 Å². The van der Waals surface area contributed by atoms with Gasteiger partial charge in [0.2, 0.25) is 0 Å². The molecular weight excluding hydrogens is 180 g/mol. The summed E-state index contributed by atoms with van der Waals surface area (Å²) in [7, 11) is 0. The van der Waals surface area contributed by atoms with Gasteiger partial charge in [0.15, 0.2) is 0 Å².